The van der Waals surface area contributed by atoms with Crippen molar-refractivity contribution < 1.29 is 4.42 Å². The highest BCUT2D eigenvalue weighted by Crippen LogP contribution is 2.26. The van der Waals surface area contributed by atoms with E-state index in [4.69, 9.17) is 4.42 Å². The lowest BCUT2D eigenvalue weighted by Crippen LogP contribution is -2.02. The molecule has 0 saturated carbocycles. The molecule has 0 unspecified atom stereocenters. The Hall–Kier alpha value is -1.95. The summed E-state index contributed by atoms with van der Waals surface area (Å²) in [6.07, 6.45) is 7.34. The van der Waals surface area contributed by atoms with Crippen molar-refractivity contribution >= 4 is 23.2 Å². The molecule has 0 bridgehead atoms. The smallest absolute Gasteiger partial charge is 0.169 e. The molecule has 98 valence electrons. The summed E-state index contributed by atoms with van der Waals surface area (Å²) in [5, 5.41) is 4.13. The topological polar surface area (TPSA) is 55.4 Å². The number of hydrogen-bond donors (Lipinski definition) is 1. The van der Waals surface area contributed by atoms with Crippen LogP contribution in [0.1, 0.15) is 12.7 Å². The highest BCUT2D eigenvalue weighted by molar-refractivity contribution is 7.98. The summed E-state index contributed by atoms with van der Waals surface area (Å²) in [7, 11) is 0. The van der Waals surface area contributed by atoms with Crippen molar-refractivity contribution in [3.63, 3.8) is 0 Å². The minimum atomic E-state index is 0.748. The van der Waals surface area contributed by atoms with E-state index in [9.17, 15) is 0 Å². The van der Waals surface area contributed by atoms with E-state index >= 15 is 0 Å². The second-order valence-corrected chi connectivity index (χ2v) is 4.95. The average Bonchev–Trinajstić information content (AvgIpc) is 3.07. The molecule has 0 radical (unpaired) electrons. The number of imidazole rings is 1. The second-order valence-electron chi connectivity index (χ2n) is 3.99. The van der Waals surface area contributed by atoms with E-state index in [1.54, 1.807) is 24.2 Å². The summed E-state index contributed by atoms with van der Waals surface area (Å²) >= 11 is 1.62. The van der Waals surface area contributed by atoms with Crippen LogP contribution >= 0.6 is 11.8 Å². The summed E-state index contributed by atoms with van der Waals surface area (Å²) in [6, 6.07) is 3.85. The van der Waals surface area contributed by atoms with Crippen molar-refractivity contribution in [1.82, 2.24) is 14.4 Å². The molecule has 5 nitrogen and oxygen atoms in total. The number of furan rings is 1. The maximum absolute atomic E-state index is 5.34. The van der Waals surface area contributed by atoms with E-state index in [2.05, 4.69) is 22.2 Å². The summed E-state index contributed by atoms with van der Waals surface area (Å²) in [5.74, 6) is 2.54. The maximum atomic E-state index is 5.34. The standard InChI is InChI=1S/C13H14N4OS/c1-2-14-11-8-17-6-5-15-12(17)13(16-11)19-9-10-4-3-7-18-10/h3-8,14H,2,9H2,1H3. The number of fused-ring (bicyclic) bond motifs is 1. The first kappa shape index (κ1) is 12.1. The lowest BCUT2D eigenvalue weighted by Gasteiger charge is -2.07. The van der Waals surface area contributed by atoms with Gasteiger partial charge in [-0.25, -0.2) is 9.97 Å². The van der Waals surface area contributed by atoms with Gasteiger partial charge in [-0.1, -0.05) is 11.8 Å². The molecule has 0 fully saturated rings. The van der Waals surface area contributed by atoms with Crippen molar-refractivity contribution in [2.75, 3.05) is 11.9 Å². The number of anilines is 1. The van der Waals surface area contributed by atoms with Gasteiger partial charge in [-0.05, 0) is 19.1 Å². The molecule has 3 aromatic rings. The van der Waals surface area contributed by atoms with E-state index in [-0.39, 0.29) is 0 Å². The van der Waals surface area contributed by atoms with Crippen LogP contribution in [0.5, 0.6) is 0 Å². The van der Waals surface area contributed by atoms with Crippen molar-refractivity contribution in [3.8, 4) is 0 Å². The van der Waals surface area contributed by atoms with Crippen LogP contribution in [-0.2, 0) is 5.75 Å². The molecule has 3 rings (SSSR count). The van der Waals surface area contributed by atoms with Gasteiger partial charge in [-0.15, -0.1) is 0 Å². The molecule has 0 aliphatic heterocycles. The predicted molar refractivity (Wildman–Crippen MR) is 75.4 cm³/mol. The third kappa shape index (κ3) is 2.58. The Kier molecular flexibility index (Phi) is 3.41. The Bertz CT molecular complexity index is 662. The van der Waals surface area contributed by atoms with Crippen LogP contribution in [0.15, 0.2) is 46.4 Å². The number of aromatic nitrogens is 3. The minimum Gasteiger partial charge on any atom is -0.468 e. The fourth-order valence-electron chi connectivity index (χ4n) is 1.80. The Morgan fingerprint density at radius 2 is 2.42 bits per heavy atom. The van der Waals surface area contributed by atoms with Crippen molar-refractivity contribution in [2.24, 2.45) is 0 Å². The Morgan fingerprint density at radius 3 is 3.21 bits per heavy atom. The number of thioether (sulfide) groups is 1. The zero-order chi connectivity index (χ0) is 13.1. The van der Waals surface area contributed by atoms with Crippen LogP contribution in [0.3, 0.4) is 0 Å². The normalized spacial score (nSPS) is 11.0. The Labute approximate surface area is 115 Å². The molecule has 0 aliphatic rings. The SMILES string of the molecule is CCNc1cn2ccnc2c(SCc2ccco2)n1. The molecule has 3 aromatic heterocycles. The zero-order valence-corrected chi connectivity index (χ0v) is 11.4. The molecule has 6 heteroatoms. The van der Waals surface area contributed by atoms with Gasteiger partial charge in [0.1, 0.15) is 16.6 Å². The van der Waals surface area contributed by atoms with Crippen LogP contribution in [0, 0.1) is 0 Å². The molecule has 0 atom stereocenters. The zero-order valence-electron chi connectivity index (χ0n) is 10.5. The first-order valence-corrected chi connectivity index (χ1v) is 7.08. The third-order valence-corrected chi connectivity index (χ3v) is 3.61. The second kappa shape index (κ2) is 5.36. The van der Waals surface area contributed by atoms with E-state index in [0.717, 1.165) is 34.5 Å². The molecular formula is C13H14N4OS. The molecule has 1 N–H and O–H groups in total. The van der Waals surface area contributed by atoms with Gasteiger partial charge in [0.25, 0.3) is 0 Å². The largest absolute Gasteiger partial charge is 0.468 e. The third-order valence-electron chi connectivity index (χ3n) is 2.63. The first-order chi connectivity index (χ1) is 9.36. The van der Waals surface area contributed by atoms with Gasteiger partial charge in [0.2, 0.25) is 0 Å². The van der Waals surface area contributed by atoms with E-state index in [0.29, 0.717) is 0 Å². The van der Waals surface area contributed by atoms with Crippen LogP contribution < -0.4 is 5.32 Å². The van der Waals surface area contributed by atoms with Crippen molar-refractivity contribution in [2.45, 2.75) is 17.7 Å². The van der Waals surface area contributed by atoms with E-state index in [1.807, 2.05) is 28.9 Å². The molecule has 0 spiro atoms. The first-order valence-electron chi connectivity index (χ1n) is 6.09. The van der Waals surface area contributed by atoms with Gasteiger partial charge >= 0.3 is 0 Å². The number of hydrogen-bond acceptors (Lipinski definition) is 5. The van der Waals surface area contributed by atoms with Gasteiger partial charge in [0.05, 0.1) is 18.2 Å². The maximum Gasteiger partial charge on any atom is 0.169 e. The molecule has 3 heterocycles. The monoisotopic (exact) mass is 274 g/mol. The van der Waals surface area contributed by atoms with Crippen LogP contribution in [-0.4, -0.2) is 20.9 Å². The fourth-order valence-corrected chi connectivity index (χ4v) is 2.69. The van der Waals surface area contributed by atoms with Crippen LogP contribution in [0.2, 0.25) is 0 Å². The highest BCUT2D eigenvalue weighted by Gasteiger charge is 2.09. The molecule has 0 aliphatic carbocycles. The van der Waals surface area contributed by atoms with Crippen LogP contribution in [0.4, 0.5) is 5.82 Å². The lowest BCUT2D eigenvalue weighted by atomic mass is 10.5. The molecule has 0 amide bonds. The highest BCUT2D eigenvalue weighted by atomic mass is 32.2. The Morgan fingerprint density at radius 1 is 1.47 bits per heavy atom. The number of rotatable bonds is 5. The predicted octanol–water partition coefficient (Wildman–Crippen LogP) is 3.05. The number of nitrogens with zero attached hydrogens (tertiary/aromatic N) is 3. The van der Waals surface area contributed by atoms with Gasteiger partial charge in [-0.2, -0.15) is 0 Å². The van der Waals surface area contributed by atoms with Crippen molar-refractivity contribution in [1.29, 1.82) is 0 Å². The van der Waals surface area contributed by atoms with Gasteiger partial charge in [-0.3, -0.25) is 0 Å². The van der Waals surface area contributed by atoms with Gasteiger partial charge in [0, 0.05) is 18.9 Å². The van der Waals surface area contributed by atoms with Crippen molar-refractivity contribution in [3.05, 3.63) is 42.7 Å². The van der Waals surface area contributed by atoms with Gasteiger partial charge < -0.3 is 14.1 Å². The quantitative estimate of drug-likeness (QED) is 0.725. The van der Waals surface area contributed by atoms with Crippen LogP contribution in [0.25, 0.3) is 5.65 Å². The molecule has 0 aromatic carbocycles. The minimum absolute atomic E-state index is 0.748. The molecular weight excluding hydrogens is 260 g/mol. The summed E-state index contributed by atoms with van der Waals surface area (Å²) < 4.78 is 7.32. The van der Waals surface area contributed by atoms with Gasteiger partial charge in [0.15, 0.2) is 5.65 Å². The summed E-state index contributed by atoms with van der Waals surface area (Å²) in [6.45, 7) is 2.89. The molecule has 19 heavy (non-hydrogen) atoms. The summed E-state index contributed by atoms with van der Waals surface area (Å²) in [4.78, 5) is 8.93. The summed E-state index contributed by atoms with van der Waals surface area (Å²) in [5.41, 5.74) is 0.873. The van der Waals surface area contributed by atoms with E-state index in [1.165, 1.54) is 0 Å². The van der Waals surface area contributed by atoms with E-state index < -0.39 is 0 Å². The lowest BCUT2D eigenvalue weighted by molar-refractivity contribution is 0.530. The Balaban J connectivity index is 1.89. The average molecular weight is 274 g/mol. The molecule has 0 saturated heterocycles. The number of nitrogens with one attached hydrogen (secondary N) is 1. The fraction of sp³-hybridized carbons (Fsp3) is 0.231.